The molecule has 0 unspecified atom stereocenters. The monoisotopic (exact) mass is 297 g/mol. The highest BCUT2D eigenvalue weighted by Gasteiger charge is 2.21. The normalized spacial score (nSPS) is 11.5. The van der Waals surface area contributed by atoms with Crippen LogP contribution in [0.3, 0.4) is 0 Å². The Morgan fingerprint density at radius 3 is 2.50 bits per heavy atom. The summed E-state index contributed by atoms with van der Waals surface area (Å²) in [6.45, 7) is 0. The summed E-state index contributed by atoms with van der Waals surface area (Å²) in [4.78, 5) is 16.1. The third-order valence-corrected chi connectivity index (χ3v) is 3.32. The molecule has 0 aromatic heterocycles. The lowest BCUT2D eigenvalue weighted by molar-refractivity contribution is -0.119. The number of benzene rings is 2. The van der Waals surface area contributed by atoms with Gasteiger partial charge < -0.3 is 16.2 Å². The van der Waals surface area contributed by atoms with Crippen molar-refractivity contribution >= 4 is 11.9 Å². The van der Waals surface area contributed by atoms with E-state index in [-0.39, 0.29) is 11.9 Å². The molecule has 5 nitrogen and oxygen atoms in total. The summed E-state index contributed by atoms with van der Waals surface area (Å²) < 4.78 is 5.22. The second kappa shape index (κ2) is 7.26. The molecule has 0 aliphatic heterocycles. The number of carbonyl (C=O) groups excluding carboxylic acids is 1. The molecule has 0 saturated carbocycles. The number of hydrogen-bond acceptors (Lipinski definition) is 2. The van der Waals surface area contributed by atoms with Gasteiger partial charge in [-0.2, -0.15) is 4.99 Å². The Kier molecular flexibility index (Phi) is 5.14. The highest BCUT2D eigenvalue weighted by molar-refractivity contribution is 5.95. The van der Waals surface area contributed by atoms with Gasteiger partial charge in [-0.25, -0.2) is 0 Å². The molecule has 2 aromatic carbocycles. The first-order valence-electron chi connectivity index (χ1n) is 6.91. The highest BCUT2D eigenvalue weighted by atomic mass is 16.5. The van der Waals surface area contributed by atoms with E-state index in [9.17, 15) is 4.79 Å². The second-order valence-electron chi connectivity index (χ2n) is 4.89. The van der Waals surface area contributed by atoms with Crippen molar-refractivity contribution in [2.75, 3.05) is 7.11 Å². The predicted molar refractivity (Wildman–Crippen MR) is 86.7 cm³/mol. The van der Waals surface area contributed by atoms with Gasteiger partial charge in [-0.05, 0) is 29.7 Å². The van der Waals surface area contributed by atoms with Crippen molar-refractivity contribution in [1.82, 2.24) is 0 Å². The quantitative estimate of drug-likeness (QED) is 0.650. The molecule has 0 spiro atoms. The van der Waals surface area contributed by atoms with Crippen LogP contribution in [0.25, 0.3) is 0 Å². The van der Waals surface area contributed by atoms with Crippen LogP contribution in [0.15, 0.2) is 59.6 Å². The Hall–Kier alpha value is -2.82. The van der Waals surface area contributed by atoms with Crippen molar-refractivity contribution in [3.63, 3.8) is 0 Å². The fourth-order valence-electron chi connectivity index (χ4n) is 2.26. The molecule has 0 bridgehead atoms. The van der Waals surface area contributed by atoms with E-state index >= 15 is 0 Å². The largest absolute Gasteiger partial charge is 0.497 e. The third-order valence-electron chi connectivity index (χ3n) is 3.32. The highest BCUT2D eigenvalue weighted by Crippen LogP contribution is 2.25. The summed E-state index contributed by atoms with van der Waals surface area (Å²) in [5, 5.41) is 0. The van der Waals surface area contributed by atoms with E-state index in [1.807, 2.05) is 54.6 Å². The molecule has 4 N–H and O–H groups in total. The van der Waals surface area contributed by atoms with Gasteiger partial charge >= 0.3 is 0 Å². The minimum absolute atomic E-state index is 0.231. The zero-order chi connectivity index (χ0) is 15.9. The van der Waals surface area contributed by atoms with Crippen LogP contribution in [-0.2, 0) is 11.2 Å². The summed E-state index contributed by atoms with van der Waals surface area (Å²) in [5.74, 6) is -0.365. The van der Waals surface area contributed by atoms with Gasteiger partial charge in [0.25, 0.3) is 5.91 Å². The molecule has 0 aliphatic rings. The molecule has 0 radical (unpaired) electrons. The molecular weight excluding hydrogens is 278 g/mol. The van der Waals surface area contributed by atoms with Crippen molar-refractivity contribution in [3.05, 3.63) is 65.7 Å². The van der Waals surface area contributed by atoms with Crippen LogP contribution in [0.1, 0.15) is 17.0 Å². The molecular formula is C17H19N3O2. The summed E-state index contributed by atoms with van der Waals surface area (Å²) >= 11 is 0. The molecule has 2 aromatic rings. The van der Waals surface area contributed by atoms with E-state index in [0.29, 0.717) is 12.2 Å². The summed E-state index contributed by atoms with van der Waals surface area (Å²) in [5.41, 5.74) is 12.5. The maximum absolute atomic E-state index is 12.4. The lowest BCUT2D eigenvalue weighted by atomic mass is 9.91. The van der Waals surface area contributed by atoms with E-state index in [4.69, 9.17) is 16.2 Å². The first-order chi connectivity index (χ1) is 10.6. The van der Waals surface area contributed by atoms with Crippen molar-refractivity contribution in [1.29, 1.82) is 0 Å². The number of rotatable bonds is 5. The number of aliphatic imine (C=N–C) groups is 1. The topological polar surface area (TPSA) is 90.7 Å². The van der Waals surface area contributed by atoms with Gasteiger partial charge in [-0.3, -0.25) is 4.79 Å². The third kappa shape index (κ3) is 4.09. The maximum Gasteiger partial charge on any atom is 0.256 e. The minimum Gasteiger partial charge on any atom is -0.497 e. The van der Waals surface area contributed by atoms with Crippen LogP contribution >= 0.6 is 0 Å². The molecule has 0 saturated heterocycles. The predicted octanol–water partition coefficient (Wildman–Crippen LogP) is 1.82. The number of nitrogens with zero attached hydrogens (tertiary/aromatic N) is 1. The number of nitrogens with two attached hydrogens (primary N) is 2. The van der Waals surface area contributed by atoms with Crippen LogP contribution in [0.2, 0.25) is 0 Å². The second-order valence-corrected chi connectivity index (χ2v) is 4.89. The molecule has 5 heteroatoms. The summed E-state index contributed by atoms with van der Waals surface area (Å²) in [6.07, 6.45) is 0.517. The number of hydrogen-bond donors (Lipinski definition) is 2. The van der Waals surface area contributed by atoms with Gasteiger partial charge in [0, 0.05) is 0 Å². The average molecular weight is 297 g/mol. The fourth-order valence-corrected chi connectivity index (χ4v) is 2.26. The van der Waals surface area contributed by atoms with Crippen molar-refractivity contribution < 1.29 is 9.53 Å². The SMILES string of the molecule is COc1cccc([C@@H](Cc2ccccc2)C(=O)N=C(N)N)c1. The standard InChI is InChI=1S/C17H19N3O2/c1-22-14-9-5-8-13(11-14)15(16(21)20-17(18)19)10-12-6-3-2-4-7-12/h2-9,11,15H,10H2,1H3,(H4,18,19,20,21)/t15-/m1/s1. The number of ether oxygens (including phenoxy) is 1. The fraction of sp³-hybridized carbons (Fsp3) is 0.176. The number of carbonyl (C=O) groups is 1. The molecule has 0 fully saturated rings. The van der Waals surface area contributed by atoms with E-state index < -0.39 is 5.92 Å². The Labute approximate surface area is 129 Å². The molecule has 22 heavy (non-hydrogen) atoms. The van der Waals surface area contributed by atoms with Gasteiger partial charge in [0.1, 0.15) is 5.75 Å². The Balaban J connectivity index is 2.36. The molecule has 114 valence electrons. The van der Waals surface area contributed by atoms with Gasteiger partial charge in [-0.15, -0.1) is 0 Å². The van der Waals surface area contributed by atoms with Gasteiger partial charge in [0.2, 0.25) is 0 Å². The molecule has 2 rings (SSSR count). The van der Waals surface area contributed by atoms with Gasteiger partial charge in [-0.1, -0.05) is 42.5 Å². The van der Waals surface area contributed by atoms with Crippen LogP contribution < -0.4 is 16.2 Å². The zero-order valence-corrected chi connectivity index (χ0v) is 12.4. The average Bonchev–Trinajstić information content (AvgIpc) is 2.53. The van der Waals surface area contributed by atoms with Crippen LogP contribution in [0.5, 0.6) is 5.75 Å². The Morgan fingerprint density at radius 1 is 1.14 bits per heavy atom. The first-order valence-corrected chi connectivity index (χ1v) is 6.91. The van der Waals surface area contributed by atoms with E-state index in [1.54, 1.807) is 7.11 Å². The summed E-state index contributed by atoms with van der Waals surface area (Å²) in [7, 11) is 1.59. The van der Waals surface area contributed by atoms with E-state index in [0.717, 1.165) is 11.1 Å². The molecule has 0 aliphatic carbocycles. The van der Waals surface area contributed by atoms with Crippen molar-refractivity contribution in [2.45, 2.75) is 12.3 Å². The van der Waals surface area contributed by atoms with Gasteiger partial charge in [0.15, 0.2) is 5.96 Å². The smallest absolute Gasteiger partial charge is 0.256 e. The Morgan fingerprint density at radius 2 is 1.86 bits per heavy atom. The van der Waals surface area contributed by atoms with Crippen molar-refractivity contribution in [3.8, 4) is 5.75 Å². The lowest BCUT2D eigenvalue weighted by Crippen LogP contribution is -2.26. The Bertz CT molecular complexity index is 665. The first kappa shape index (κ1) is 15.6. The van der Waals surface area contributed by atoms with E-state index in [2.05, 4.69) is 4.99 Å². The van der Waals surface area contributed by atoms with E-state index in [1.165, 1.54) is 0 Å². The molecule has 1 atom stereocenters. The zero-order valence-electron chi connectivity index (χ0n) is 12.4. The lowest BCUT2D eigenvalue weighted by Gasteiger charge is -2.15. The van der Waals surface area contributed by atoms with Gasteiger partial charge in [0.05, 0.1) is 13.0 Å². The molecule has 0 heterocycles. The van der Waals surface area contributed by atoms with Crippen molar-refractivity contribution in [2.24, 2.45) is 16.5 Å². The van der Waals surface area contributed by atoms with Crippen LogP contribution in [-0.4, -0.2) is 19.0 Å². The number of guanidine groups is 1. The summed E-state index contributed by atoms with van der Waals surface area (Å²) in [6, 6.07) is 17.1. The molecule has 1 amide bonds. The minimum atomic E-state index is -0.459. The number of amides is 1. The van der Waals surface area contributed by atoms with Crippen LogP contribution in [0, 0.1) is 0 Å². The maximum atomic E-state index is 12.4. The number of methoxy groups -OCH3 is 1. The van der Waals surface area contributed by atoms with Crippen LogP contribution in [0.4, 0.5) is 0 Å².